The molecule has 2 aromatic heterocycles. The van der Waals surface area contributed by atoms with Crippen molar-refractivity contribution < 1.29 is 24.5 Å². The highest BCUT2D eigenvalue weighted by Gasteiger charge is 2.56. The molecule has 10 nitrogen and oxygen atoms in total. The second-order valence-corrected chi connectivity index (χ2v) is 6.72. The van der Waals surface area contributed by atoms with E-state index in [4.69, 9.17) is 15.2 Å². The first-order valence-electron chi connectivity index (χ1n) is 8.54. The van der Waals surface area contributed by atoms with Crippen LogP contribution in [0.1, 0.15) is 19.5 Å². The topological polar surface area (TPSA) is 145 Å². The zero-order valence-electron chi connectivity index (χ0n) is 15.3. The van der Waals surface area contributed by atoms with Crippen molar-refractivity contribution >= 4 is 23.5 Å². The van der Waals surface area contributed by atoms with E-state index >= 15 is 0 Å². The summed E-state index contributed by atoms with van der Waals surface area (Å²) in [6, 6.07) is 3.35. The summed E-state index contributed by atoms with van der Waals surface area (Å²) < 4.78 is 12.6. The SMILES string of the molecule is CN=C[C@@]1(c2ccc3c(N)ncnn23)O[C@H](COC(=O)C(C)C)[C@@H](O)[C@H]1O. The molecule has 0 amide bonds. The molecule has 27 heavy (non-hydrogen) atoms. The number of hydrogen-bond acceptors (Lipinski definition) is 9. The fourth-order valence-electron chi connectivity index (χ4n) is 3.14. The average Bonchev–Trinajstić information content (AvgIpc) is 3.17. The fourth-order valence-corrected chi connectivity index (χ4v) is 3.14. The van der Waals surface area contributed by atoms with Crippen LogP contribution >= 0.6 is 0 Å². The standard InChI is InChI=1S/C17H23N5O5/c1-9(2)16(25)26-6-11-13(23)14(24)17(27-11,7-19-3)12-5-4-10-15(18)20-8-21-22(10)12/h4-5,7-9,11,13-14,23-24H,6H2,1-3H3,(H2,18,20,21)/t11-,13-,14-,17+/m1/s1. The molecule has 0 unspecified atom stereocenters. The maximum atomic E-state index is 11.7. The third-order valence-corrected chi connectivity index (χ3v) is 4.55. The maximum absolute atomic E-state index is 11.7. The number of aliphatic imine (C=N–C) groups is 1. The lowest BCUT2D eigenvalue weighted by atomic mass is 9.92. The number of anilines is 1. The zero-order valence-corrected chi connectivity index (χ0v) is 15.3. The number of carbonyl (C=O) groups excluding carboxylic acids is 1. The lowest BCUT2D eigenvalue weighted by Crippen LogP contribution is -2.43. The van der Waals surface area contributed by atoms with E-state index in [0.29, 0.717) is 11.2 Å². The number of aliphatic hydroxyl groups excluding tert-OH is 2. The molecule has 0 aliphatic carbocycles. The van der Waals surface area contributed by atoms with Crippen LogP contribution in [0.25, 0.3) is 5.52 Å². The number of nitrogen functional groups attached to an aromatic ring is 1. The summed E-state index contributed by atoms with van der Waals surface area (Å²) in [4.78, 5) is 19.7. The van der Waals surface area contributed by atoms with Crippen molar-refractivity contribution in [2.75, 3.05) is 19.4 Å². The number of aliphatic hydroxyl groups is 2. The second kappa shape index (κ2) is 7.22. The van der Waals surface area contributed by atoms with E-state index in [0.717, 1.165) is 0 Å². The van der Waals surface area contributed by atoms with Crippen molar-refractivity contribution in [1.82, 2.24) is 14.6 Å². The number of aromatic nitrogens is 3. The molecule has 1 fully saturated rings. The molecule has 0 bridgehead atoms. The molecule has 1 aliphatic heterocycles. The molecular weight excluding hydrogens is 354 g/mol. The smallest absolute Gasteiger partial charge is 0.308 e. The zero-order chi connectivity index (χ0) is 19.8. The second-order valence-electron chi connectivity index (χ2n) is 6.72. The molecule has 0 aromatic carbocycles. The van der Waals surface area contributed by atoms with Crippen LogP contribution in [0, 0.1) is 5.92 Å². The van der Waals surface area contributed by atoms with Gasteiger partial charge >= 0.3 is 5.97 Å². The molecule has 3 rings (SSSR count). The largest absolute Gasteiger partial charge is 0.463 e. The Morgan fingerprint density at radius 3 is 2.93 bits per heavy atom. The van der Waals surface area contributed by atoms with Gasteiger partial charge in [-0.1, -0.05) is 13.8 Å². The molecule has 146 valence electrons. The molecule has 1 saturated heterocycles. The van der Waals surface area contributed by atoms with E-state index in [1.54, 1.807) is 26.0 Å². The van der Waals surface area contributed by atoms with Crippen molar-refractivity contribution in [3.63, 3.8) is 0 Å². The van der Waals surface area contributed by atoms with E-state index in [-0.39, 0.29) is 18.3 Å². The first-order chi connectivity index (χ1) is 12.8. The Morgan fingerprint density at radius 2 is 2.26 bits per heavy atom. The van der Waals surface area contributed by atoms with Gasteiger partial charge in [-0.25, -0.2) is 9.50 Å². The molecular formula is C17H23N5O5. The monoisotopic (exact) mass is 377 g/mol. The summed E-state index contributed by atoms with van der Waals surface area (Å²) in [5.74, 6) is -0.476. The van der Waals surface area contributed by atoms with Gasteiger partial charge in [0, 0.05) is 13.3 Å². The van der Waals surface area contributed by atoms with Gasteiger partial charge < -0.3 is 25.4 Å². The lowest BCUT2D eigenvalue weighted by Gasteiger charge is -2.27. The van der Waals surface area contributed by atoms with Crippen LogP contribution in [-0.4, -0.2) is 69.0 Å². The fraction of sp³-hybridized carbons (Fsp3) is 0.529. The van der Waals surface area contributed by atoms with E-state index in [1.165, 1.54) is 24.1 Å². The first kappa shape index (κ1) is 19.2. The van der Waals surface area contributed by atoms with Crippen LogP contribution in [0.2, 0.25) is 0 Å². The minimum absolute atomic E-state index is 0.199. The summed E-state index contributed by atoms with van der Waals surface area (Å²) >= 11 is 0. The normalized spacial score (nSPS) is 28.4. The van der Waals surface area contributed by atoms with E-state index in [1.807, 2.05) is 0 Å². The Kier molecular flexibility index (Phi) is 5.13. The van der Waals surface area contributed by atoms with Crippen LogP contribution < -0.4 is 5.73 Å². The number of nitrogens with two attached hydrogens (primary N) is 1. The molecule has 10 heteroatoms. The maximum Gasteiger partial charge on any atom is 0.308 e. The van der Waals surface area contributed by atoms with Gasteiger partial charge in [0.05, 0.1) is 11.6 Å². The first-order valence-corrected chi connectivity index (χ1v) is 8.54. The summed E-state index contributed by atoms with van der Waals surface area (Å²) in [5, 5.41) is 25.5. The summed E-state index contributed by atoms with van der Waals surface area (Å²) in [5.41, 5.74) is 5.32. The number of carbonyl (C=O) groups is 1. The number of hydrogen-bond donors (Lipinski definition) is 3. The van der Waals surface area contributed by atoms with Gasteiger partial charge in [0.25, 0.3) is 0 Å². The molecule has 3 heterocycles. The van der Waals surface area contributed by atoms with Crippen molar-refractivity contribution in [2.45, 2.75) is 37.8 Å². The van der Waals surface area contributed by atoms with E-state index in [2.05, 4.69) is 15.1 Å². The Labute approximate surface area is 155 Å². The third-order valence-electron chi connectivity index (χ3n) is 4.55. The highest BCUT2D eigenvalue weighted by molar-refractivity contribution is 5.75. The van der Waals surface area contributed by atoms with Crippen LogP contribution in [0.3, 0.4) is 0 Å². The van der Waals surface area contributed by atoms with Gasteiger partial charge in [-0.2, -0.15) is 5.10 Å². The lowest BCUT2D eigenvalue weighted by molar-refractivity contribution is -0.153. The van der Waals surface area contributed by atoms with Crippen LogP contribution in [0.4, 0.5) is 5.82 Å². The van der Waals surface area contributed by atoms with Gasteiger partial charge in [-0.15, -0.1) is 0 Å². The average molecular weight is 377 g/mol. The van der Waals surface area contributed by atoms with Crippen molar-refractivity contribution in [1.29, 1.82) is 0 Å². The summed E-state index contributed by atoms with van der Waals surface area (Å²) in [7, 11) is 1.52. The van der Waals surface area contributed by atoms with Gasteiger partial charge in [0.2, 0.25) is 0 Å². The Morgan fingerprint density at radius 1 is 1.52 bits per heavy atom. The van der Waals surface area contributed by atoms with Gasteiger partial charge in [0.15, 0.2) is 11.4 Å². The summed E-state index contributed by atoms with van der Waals surface area (Å²) in [6.07, 6.45) is -0.926. The van der Waals surface area contributed by atoms with Crippen molar-refractivity contribution in [3.8, 4) is 0 Å². The molecule has 1 aliphatic rings. The Bertz CT molecular complexity index is 867. The molecule has 4 N–H and O–H groups in total. The predicted octanol–water partition coefficient (Wildman–Crippen LogP) is -0.473. The Balaban J connectivity index is 1.98. The van der Waals surface area contributed by atoms with Crippen LogP contribution in [0.15, 0.2) is 23.5 Å². The number of nitrogens with zero attached hydrogens (tertiary/aromatic N) is 4. The van der Waals surface area contributed by atoms with Crippen LogP contribution in [0.5, 0.6) is 0 Å². The quantitative estimate of drug-likeness (QED) is 0.468. The number of rotatable bonds is 5. The predicted molar refractivity (Wildman–Crippen MR) is 96.2 cm³/mol. The highest BCUT2D eigenvalue weighted by atomic mass is 16.6. The third kappa shape index (κ3) is 3.15. The molecule has 4 atom stereocenters. The molecule has 0 saturated carbocycles. The van der Waals surface area contributed by atoms with Gasteiger partial charge in [-0.3, -0.25) is 9.79 Å². The van der Waals surface area contributed by atoms with Gasteiger partial charge in [-0.05, 0) is 12.1 Å². The minimum atomic E-state index is -1.49. The van der Waals surface area contributed by atoms with E-state index < -0.39 is 29.9 Å². The number of fused-ring (bicyclic) bond motifs is 1. The summed E-state index contributed by atoms with van der Waals surface area (Å²) in [6.45, 7) is 3.21. The van der Waals surface area contributed by atoms with Gasteiger partial charge in [0.1, 0.15) is 36.8 Å². The number of ether oxygens (including phenoxy) is 2. The number of esters is 1. The van der Waals surface area contributed by atoms with Crippen LogP contribution in [-0.2, 0) is 19.9 Å². The minimum Gasteiger partial charge on any atom is -0.463 e. The molecule has 2 aromatic rings. The molecule has 0 spiro atoms. The Hall–Kier alpha value is -2.56. The van der Waals surface area contributed by atoms with Crippen molar-refractivity contribution in [2.24, 2.45) is 10.9 Å². The highest BCUT2D eigenvalue weighted by Crippen LogP contribution is 2.39. The molecule has 0 radical (unpaired) electrons. The van der Waals surface area contributed by atoms with E-state index in [9.17, 15) is 15.0 Å². The van der Waals surface area contributed by atoms with Crippen molar-refractivity contribution in [3.05, 3.63) is 24.2 Å².